The van der Waals surface area contributed by atoms with Gasteiger partial charge in [0.2, 0.25) is 10.0 Å². The first kappa shape index (κ1) is 20.3. The monoisotopic (exact) mass is 414 g/mol. The lowest BCUT2D eigenvalue weighted by Crippen LogP contribution is -2.50. The van der Waals surface area contributed by atoms with E-state index in [1.807, 2.05) is 0 Å². The Kier molecular flexibility index (Phi) is 5.44. The van der Waals surface area contributed by atoms with E-state index in [0.717, 1.165) is 12.3 Å². The molecular formula is C18H19F3N3O3S+. The fourth-order valence-corrected chi connectivity index (χ4v) is 4.45. The molecule has 2 heterocycles. The van der Waals surface area contributed by atoms with E-state index in [0.29, 0.717) is 24.5 Å². The molecule has 28 heavy (non-hydrogen) atoms. The van der Waals surface area contributed by atoms with Gasteiger partial charge in [0.15, 0.2) is 5.78 Å². The Morgan fingerprint density at radius 3 is 2.29 bits per heavy atom. The second kappa shape index (κ2) is 7.51. The molecule has 0 amide bonds. The summed E-state index contributed by atoms with van der Waals surface area (Å²) >= 11 is 0. The average Bonchev–Trinajstić information content (AvgIpc) is 2.67. The maximum Gasteiger partial charge on any atom is 0.419 e. The summed E-state index contributed by atoms with van der Waals surface area (Å²) < 4.78 is 64.9. The number of sulfonamides is 1. The normalized spacial score (nSPS) is 16.2. The van der Waals surface area contributed by atoms with Gasteiger partial charge in [0.25, 0.3) is 5.82 Å². The summed E-state index contributed by atoms with van der Waals surface area (Å²) in [6, 6.07) is 8.20. The van der Waals surface area contributed by atoms with Gasteiger partial charge < -0.3 is 0 Å². The molecule has 0 aliphatic carbocycles. The Bertz CT molecular complexity index is 968. The van der Waals surface area contributed by atoms with E-state index in [4.69, 9.17) is 0 Å². The van der Waals surface area contributed by atoms with E-state index in [2.05, 4.69) is 4.98 Å². The van der Waals surface area contributed by atoms with Crippen molar-refractivity contribution in [3.8, 4) is 0 Å². The van der Waals surface area contributed by atoms with Crippen molar-refractivity contribution in [2.75, 3.05) is 31.1 Å². The van der Waals surface area contributed by atoms with Gasteiger partial charge in [-0.25, -0.2) is 13.4 Å². The van der Waals surface area contributed by atoms with Gasteiger partial charge in [-0.1, -0.05) is 12.1 Å². The Hall–Kier alpha value is -2.46. The van der Waals surface area contributed by atoms with Crippen LogP contribution >= 0.6 is 0 Å². The highest BCUT2D eigenvalue weighted by Crippen LogP contribution is 2.28. The molecular weight excluding hydrogens is 395 g/mol. The number of benzene rings is 1. The third-order valence-electron chi connectivity index (χ3n) is 4.58. The SMILES string of the molecule is CC(=O)c1cccc(S(=O)(=O)N2CCN(c3ccc(C(F)(F)F)c[nH+]3)CC2)c1. The number of rotatable bonds is 4. The lowest BCUT2D eigenvalue weighted by Gasteiger charge is -2.30. The van der Waals surface area contributed by atoms with Crippen LogP contribution < -0.4 is 9.88 Å². The first-order valence-corrected chi connectivity index (χ1v) is 9.98. The van der Waals surface area contributed by atoms with Gasteiger partial charge in [0.1, 0.15) is 6.20 Å². The molecule has 0 radical (unpaired) electrons. The van der Waals surface area contributed by atoms with Crippen molar-refractivity contribution in [1.29, 1.82) is 0 Å². The van der Waals surface area contributed by atoms with Crippen molar-refractivity contribution in [3.63, 3.8) is 0 Å². The molecule has 150 valence electrons. The fraction of sp³-hybridized carbons (Fsp3) is 0.333. The number of halogens is 3. The van der Waals surface area contributed by atoms with Gasteiger partial charge in [0.05, 0.1) is 36.6 Å². The number of Topliss-reactive ketones (excluding diaryl/α,β-unsaturated/α-hetero) is 1. The number of anilines is 1. The largest absolute Gasteiger partial charge is 0.419 e. The first-order valence-electron chi connectivity index (χ1n) is 8.54. The van der Waals surface area contributed by atoms with Gasteiger partial charge in [-0.15, -0.1) is 0 Å². The number of hydrogen-bond donors (Lipinski definition) is 0. The van der Waals surface area contributed by atoms with Gasteiger partial charge in [0, 0.05) is 11.6 Å². The van der Waals surface area contributed by atoms with Gasteiger partial charge in [-0.05, 0) is 25.1 Å². The fourth-order valence-electron chi connectivity index (χ4n) is 2.98. The number of nitrogens with zero attached hydrogens (tertiary/aromatic N) is 2. The molecule has 0 spiro atoms. The van der Waals surface area contributed by atoms with Crippen LogP contribution in [0.15, 0.2) is 47.5 Å². The Labute approximate surface area is 160 Å². The van der Waals surface area contributed by atoms with E-state index in [1.54, 1.807) is 11.0 Å². The average molecular weight is 414 g/mol. The van der Waals surface area contributed by atoms with Crippen LogP contribution in [0.2, 0.25) is 0 Å². The molecule has 1 aromatic carbocycles. The topological polar surface area (TPSA) is 71.8 Å². The highest BCUT2D eigenvalue weighted by Gasteiger charge is 2.34. The van der Waals surface area contributed by atoms with Crippen molar-refractivity contribution in [1.82, 2.24) is 4.31 Å². The zero-order chi connectivity index (χ0) is 20.5. The molecule has 1 aliphatic heterocycles. The molecule has 0 saturated carbocycles. The number of ketones is 1. The van der Waals surface area contributed by atoms with E-state index in [9.17, 15) is 26.4 Å². The number of aromatic amines is 1. The highest BCUT2D eigenvalue weighted by molar-refractivity contribution is 7.89. The van der Waals surface area contributed by atoms with Crippen LogP contribution in [-0.2, 0) is 16.2 Å². The van der Waals surface area contributed by atoms with E-state index >= 15 is 0 Å². The van der Waals surface area contributed by atoms with Crippen LogP contribution in [0.25, 0.3) is 0 Å². The minimum atomic E-state index is -4.42. The smallest absolute Gasteiger partial charge is 0.295 e. The van der Waals surface area contributed by atoms with Crippen molar-refractivity contribution in [2.24, 2.45) is 0 Å². The molecule has 1 N–H and O–H groups in total. The van der Waals surface area contributed by atoms with E-state index in [1.165, 1.54) is 35.5 Å². The van der Waals surface area contributed by atoms with E-state index < -0.39 is 21.8 Å². The zero-order valence-electron chi connectivity index (χ0n) is 15.0. The predicted octanol–water partition coefficient (Wildman–Crippen LogP) is 2.23. The summed E-state index contributed by atoms with van der Waals surface area (Å²) in [4.78, 5) is 16.0. The Morgan fingerprint density at radius 1 is 1.07 bits per heavy atom. The summed E-state index contributed by atoms with van der Waals surface area (Å²) in [6.45, 7) is 2.38. The summed E-state index contributed by atoms with van der Waals surface area (Å²) in [5.41, 5.74) is -0.457. The minimum Gasteiger partial charge on any atom is -0.295 e. The Balaban J connectivity index is 1.71. The van der Waals surface area contributed by atoms with Crippen LogP contribution in [0.5, 0.6) is 0 Å². The summed E-state index contributed by atoms with van der Waals surface area (Å²) in [7, 11) is -3.75. The summed E-state index contributed by atoms with van der Waals surface area (Å²) in [5.74, 6) is 0.267. The highest BCUT2D eigenvalue weighted by atomic mass is 32.2. The van der Waals surface area contributed by atoms with Crippen molar-refractivity contribution < 1.29 is 31.4 Å². The minimum absolute atomic E-state index is 0.0507. The van der Waals surface area contributed by atoms with Crippen molar-refractivity contribution >= 4 is 21.6 Å². The quantitative estimate of drug-likeness (QED) is 0.720. The number of nitrogens with one attached hydrogen (secondary N) is 1. The molecule has 0 atom stereocenters. The molecule has 1 aliphatic rings. The second-order valence-corrected chi connectivity index (χ2v) is 8.37. The number of H-pyrrole nitrogens is 1. The molecule has 0 unspecified atom stereocenters. The second-order valence-electron chi connectivity index (χ2n) is 6.44. The zero-order valence-corrected chi connectivity index (χ0v) is 15.8. The van der Waals surface area contributed by atoms with Crippen molar-refractivity contribution in [2.45, 2.75) is 18.0 Å². The number of piperazine rings is 1. The number of aromatic nitrogens is 1. The van der Waals surface area contributed by atoms with Crippen LogP contribution in [0.4, 0.5) is 19.0 Å². The van der Waals surface area contributed by atoms with Crippen LogP contribution in [-0.4, -0.2) is 44.7 Å². The molecule has 0 bridgehead atoms. The first-order chi connectivity index (χ1) is 13.1. The molecule has 1 aromatic heterocycles. The van der Waals surface area contributed by atoms with Gasteiger partial charge in [-0.2, -0.15) is 17.5 Å². The lowest BCUT2D eigenvalue weighted by molar-refractivity contribution is -0.367. The number of alkyl halides is 3. The molecule has 1 saturated heterocycles. The molecule has 2 aromatic rings. The molecule has 3 rings (SSSR count). The maximum atomic E-state index is 12.8. The number of carbonyl (C=O) groups excluding carboxylic acids is 1. The van der Waals surface area contributed by atoms with Crippen LogP contribution in [0.1, 0.15) is 22.8 Å². The Morgan fingerprint density at radius 2 is 1.75 bits per heavy atom. The summed E-state index contributed by atoms with van der Waals surface area (Å²) in [5, 5.41) is 0. The molecule has 10 heteroatoms. The maximum absolute atomic E-state index is 12.8. The molecule has 6 nitrogen and oxygen atoms in total. The van der Waals surface area contributed by atoms with Gasteiger partial charge >= 0.3 is 6.18 Å². The third-order valence-corrected chi connectivity index (χ3v) is 6.48. The number of pyridine rings is 1. The number of carbonyl (C=O) groups is 1. The number of hydrogen-bond acceptors (Lipinski definition) is 4. The van der Waals surface area contributed by atoms with Crippen LogP contribution in [0, 0.1) is 0 Å². The standard InChI is InChI=1S/C18H18F3N3O3S/c1-13(25)14-3-2-4-16(11-14)28(26,27)24-9-7-23(8-10-24)17-6-5-15(12-22-17)18(19,20)21/h2-6,11-12H,7-10H2,1H3/p+1. The summed E-state index contributed by atoms with van der Waals surface area (Å²) in [6.07, 6.45) is -3.53. The van der Waals surface area contributed by atoms with Crippen LogP contribution in [0.3, 0.4) is 0 Å². The predicted molar refractivity (Wildman–Crippen MR) is 95.4 cm³/mol. The third kappa shape index (κ3) is 4.17. The lowest BCUT2D eigenvalue weighted by atomic mass is 10.2. The van der Waals surface area contributed by atoms with E-state index in [-0.39, 0.29) is 23.8 Å². The molecule has 1 fully saturated rings. The van der Waals surface area contributed by atoms with Crippen molar-refractivity contribution in [3.05, 3.63) is 53.7 Å². The van der Waals surface area contributed by atoms with Gasteiger partial charge in [-0.3, -0.25) is 9.69 Å².